The van der Waals surface area contributed by atoms with Crippen LogP contribution in [0.5, 0.6) is 0 Å². The van der Waals surface area contributed by atoms with Gasteiger partial charge in [-0.05, 0) is 65.5 Å². The van der Waals surface area contributed by atoms with Crippen LogP contribution in [0.25, 0.3) is 0 Å². The van der Waals surface area contributed by atoms with Crippen LogP contribution in [-0.4, -0.2) is 71.8 Å². The highest BCUT2D eigenvalue weighted by Gasteiger charge is 2.29. The molecule has 1 aliphatic heterocycles. The summed E-state index contributed by atoms with van der Waals surface area (Å²) in [6.45, 7) is 11.2. The van der Waals surface area contributed by atoms with Crippen molar-refractivity contribution in [2.45, 2.75) is 65.0 Å². The summed E-state index contributed by atoms with van der Waals surface area (Å²) in [4.78, 5) is 42.6. The molecule has 1 aliphatic carbocycles. The van der Waals surface area contributed by atoms with Gasteiger partial charge in [0.25, 0.3) is 5.91 Å². The fraction of sp³-hybridized carbons (Fsp3) is 0.682. The average Bonchev–Trinajstić information content (AvgIpc) is 3.13. The highest BCUT2D eigenvalue weighted by Crippen LogP contribution is 2.38. The Kier molecular flexibility index (Phi) is 7.39. The molecule has 2 heterocycles. The van der Waals surface area contributed by atoms with Crippen molar-refractivity contribution in [2.24, 2.45) is 5.73 Å². The Morgan fingerprint density at radius 3 is 2.52 bits per heavy atom. The van der Waals surface area contributed by atoms with Gasteiger partial charge in [0.2, 0.25) is 11.8 Å². The first-order chi connectivity index (χ1) is 14.5. The molecule has 1 aromatic rings. The normalized spacial score (nSPS) is 18.8. The molecule has 0 unspecified atom stereocenters. The third-order valence-electron chi connectivity index (χ3n) is 5.84. The summed E-state index contributed by atoms with van der Waals surface area (Å²) in [5, 5.41) is 6.56. The van der Waals surface area contributed by atoms with E-state index < -0.39 is 5.91 Å². The van der Waals surface area contributed by atoms with E-state index in [1.54, 1.807) is 0 Å². The van der Waals surface area contributed by atoms with E-state index in [-0.39, 0.29) is 23.4 Å². The number of thiophene rings is 1. The maximum Gasteiger partial charge on any atom is 0.251 e. The minimum absolute atomic E-state index is 0.0245. The topological polar surface area (TPSA) is 108 Å². The number of hydrogen-bond acceptors (Lipinski definition) is 6. The van der Waals surface area contributed by atoms with Crippen LogP contribution in [0.2, 0.25) is 0 Å². The van der Waals surface area contributed by atoms with E-state index in [4.69, 9.17) is 5.73 Å². The summed E-state index contributed by atoms with van der Waals surface area (Å²) in [7, 11) is 0. The smallest absolute Gasteiger partial charge is 0.251 e. The number of nitrogens with one attached hydrogen (secondary N) is 2. The van der Waals surface area contributed by atoms with Crippen molar-refractivity contribution >= 4 is 34.1 Å². The number of rotatable bonds is 6. The molecule has 0 saturated carbocycles. The third kappa shape index (κ3) is 6.05. The van der Waals surface area contributed by atoms with Crippen LogP contribution in [0.1, 0.15) is 61.3 Å². The van der Waals surface area contributed by atoms with Gasteiger partial charge in [-0.15, -0.1) is 11.3 Å². The minimum atomic E-state index is -0.471. The van der Waals surface area contributed by atoms with Gasteiger partial charge in [-0.1, -0.05) is 0 Å². The molecule has 0 spiro atoms. The van der Waals surface area contributed by atoms with Crippen LogP contribution < -0.4 is 16.4 Å². The van der Waals surface area contributed by atoms with Crippen molar-refractivity contribution in [3.05, 3.63) is 16.0 Å². The average molecular weight is 450 g/mol. The highest BCUT2D eigenvalue weighted by molar-refractivity contribution is 7.17. The van der Waals surface area contributed by atoms with Gasteiger partial charge >= 0.3 is 0 Å². The second-order valence-corrected chi connectivity index (χ2v) is 10.7. The predicted octanol–water partition coefficient (Wildman–Crippen LogP) is 1.59. The maximum absolute atomic E-state index is 13.0. The van der Waals surface area contributed by atoms with Crippen molar-refractivity contribution in [2.75, 3.05) is 38.0 Å². The zero-order valence-electron chi connectivity index (χ0n) is 19.0. The van der Waals surface area contributed by atoms with Gasteiger partial charge < -0.3 is 16.4 Å². The molecule has 3 amide bonds. The lowest BCUT2D eigenvalue weighted by molar-refractivity contribution is -0.124. The summed E-state index contributed by atoms with van der Waals surface area (Å²) in [5.74, 6) is -0.570. The van der Waals surface area contributed by atoms with Gasteiger partial charge in [-0.25, -0.2) is 0 Å². The molecule has 172 valence electrons. The second kappa shape index (κ2) is 9.67. The SMILES string of the molecule is C[C@@H](C(=O)Nc1sc2c(c1C(N)=O)CCC2)N1CCCN(CC(=O)NC(C)(C)C)CC1. The molecule has 2 aliphatic rings. The first kappa shape index (κ1) is 23.7. The van der Waals surface area contributed by atoms with Crippen molar-refractivity contribution in [1.82, 2.24) is 15.1 Å². The second-order valence-electron chi connectivity index (χ2n) is 9.55. The van der Waals surface area contributed by atoms with Gasteiger partial charge in [-0.2, -0.15) is 0 Å². The van der Waals surface area contributed by atoms with E-state index in [1.165, 1.54) is 11.3 Å². The highest BCUT2D eigenvalue weighted by atomic mass is 32.1. The van der Waals surface area contributed by atoms with E-state index in [1.807, 2.05) is 27.7 Å². The summed E-state index contributed by atoms with van der Waals surface area (Å²) in [5.41, 5.74) is 6.87. The van der Waals surface area contributed by atoms with Gasteiger partial charge in [0.15, 0.2) is 0 Å². The summed E-state index contributed by atoms with van der Waals surface area (Å²) >= 11 is 1.48. The number of anilines is 1. The Morgan fingerprint density at radius 2 is 1.84 bits per heavy atom. The molecule has 31 heavy (non-hydrogen) atoms. The largest absolute Gasteiger partial charge is 0.365 e. The van der Waals surface area contributed by atoms with Crippen molar-refractivity contribution in [3.63, 3.8) is 0 Å². The Morgan fingerprint density at radius 1 is 1.10 bits per heavy atom. The number of nitrogens with two attached hydrogens (primary N) is 1. The zero-order valence-corrected chi connectivity index (χ0v) is 19.9. The molecule has 0 bridgehead atoms. The number of aryl methyl sites for hydroxylation is 1. The van der Waals surface area contributed by atoms with E-state index in [0.29, 0.717) is 23.7 Å². The molecule has 1 atom stereocenters. The zero-order chi connectivity index (χ0) is 22.8. The Bertz CT molecular complexity index is 845. The number of nitrogens with zero attached hydrogens (tertiary/aromatic N) is 2. The number of carbonyl (C=O) groups is 3. The number of carbonyl (C=O) groups excluding carboxylic acids is 3. The molecule has 0 aromatic carbocycles. The van der Waals surface area contributed by atoms with Gasteiger partial charge in [0.05, 0.1) is 18.2 Å². The first-order valence-electron chi connectivity index (χ1n) is 11.1. The van der Waals surface area contributed by atoms with Crippen LogP contribution in [-0.2, 0) is 22.4 Å². The lowest BCUT2D eigenvalue weighted by atomic mass is 10.1. The molecule has 1 saturated heterocycles. The standard InChI is InChI=1S/C22H35N5O3S/c1-14(20(30)24-21-18(19(23)29)15-7-5-8-16(15)31-21)27-10-6-9-26(11-12-27)13-17(28)25-22(2,3)4/h14H,5-13H2,1-4H3,(H2,23,29)(H,24,30)(H,25,28)/t14-/m0/s1. The fourth-order valence-electron chi connectivity index (χ4n) is 4.33. The molecule has 4 N–H and O–H groups in total. The Hall–Kier alpha value is -1.97. The number of fused-ring (bicyclic) bond motifs is 1. The molecule has 1 fully saturated rings. The molecule has 1 aromatic heterocycles. The lowest BCUT2D eigenvalue weighted by Crippen LogP contribution is -2.47. The number of amides is 3. The van der Waals surface area contributed by atoms with E-state index >= 15 is 0 Å². The molecule has 8 nitrogen and oxygen atoms in total. The fourth-order valence-corrected chi connectivity index (χ4v) is 5.63. The van der Waals surface area contributed by atoms with Crippen LogP contribution in [0.15, 0.2) is 0 Å². The van der Waals surface area contributed by atoms with E-state index in [9.17, 15) is 14.4 Å². The minimum Gasteiger partial charge on any atom is -0.365 e. The van der Waals surface area contributed by atoms with Crippen molar-refractivity contribution in [3.8, 4) is 0 Å². The lowest BCUT2D eigenvalue weighted by Gasteiger charge is -2.27. The molecule has 0 radical (unpaired) electrons. The van der Waals surface area contributed by atoms with Crippen molar-refractivity contribution in [1.29, 1.82) is 0 Å². The third-order valence-corrected chi connectivity index (χ3v) is 7.04. The predicted molar refractivity (Wildman–Crippen MR) is 123 cm³/mol. The summed E-state index contributed by atoms with van der Waals surface area (Å²) in [6.07, 6.45) is 3.71. The Balaban J connectivity index is 1.57. The summed E-state index contributed by atoms with van der Waals surface area (Å²) < 4.78 is 0. The van der Waals surface area contributed by atoms with E-state index in [2.05, 4.69) is 20.4 Å². The molecule has 9 heteroatoms. The van der Waals surface area contributed by atoms with Gasteiger partial charge in [-0.3, -0.25) is 24.2 Å². The quantitative estimate of drug-likeness (QED) is 0.611. The monoisotopic (exact) mass is 449 g/mol. The maximum atomic E-state index is 13.0. The summed E-state index contributed by atoms with van der Waals surface area (Å²) in [6, 6.07) is -0.332. The molecular weight excluding hydrogens is 414 g/mol. The number of hydrogen-bond donors (Lipinski definition) is 3. The van der Waals surface area contributed by atoms with Crippen LogP contribution in [0.4, 0.5) is 5.00 Å². The molecular formula is C22H35N5O3S. The van der Waals surface area contributed by atoms with Gasteiger partial charge in [0, 0.05) is 30.1 Å². The van der Waals surface area contributed by atoms with Gasteiger partial charge in [0.1, 0.15) is 5.00 Å². The van der Waals surface area contributed by atoms with Crippen molar-refractivity contribution < 1.29 is 14.4 Å². The van der Waals surface area contributed by atoms with Crippen LogP contribution in [0.3, 0.4) is 0 Å². The van der Waals surface area contributed by atoms with Crippen LogP contribution in [0, 0.1) is 0 Å². The number of primary amides is 1. The molecule has 3 rings (SSSR count). The van der Waals surface area contributed by atoms with E-state index in [0.717, 1.165) is 55.8 Å². The first-order valence-corrected chi connectivity index (χ1v) is 11.9. The van der Waals surface area contributed by atoms with Crippen LogP contribution >= 0.6 is 11.3 Å². The Labute approximate surface area is 188 Å².